The quantitative estimate of drug-likeness (QED) is 0.302. The summed E-state index contributed by atoms with van der Waals surface area (Å²) in [6.07, 6.45) is -7.45. The Balaban J connectivity index is 1.58. The lowest BCUT2D eigenvalue weighted by atomic mass is 9.87. The fourth-order valence-corrected chi connectivity index (χ4v) is 3.76. The van der Waals surface area contributed by atoms with E-state index >= 15 is 0 Å². The van der Waals surface area contributed by atoms with Crippen LogP contribution in [-0.4, -0.2) is 69.6 Å². The van der Waals surface area contributed by atoms with Crippen molar-refractivity contribution in [1.29, 1.82) is 0 Å². The first-order chi connectivity index (χ1) is 16.2. The fraction of sp³-hybridized carbons (Fsp3) is 0.417. The second-order valence-electron chi connectivity index (χ2n) is 8.45. The number of hydrogen-bond donors (Lipinski definition) is 6. The zero-order chi connectivity index (χ0) is 24.8. The number of hydroxylamine groups is 1. The van der Waals surface area contributed by atoms with E-state index in [4.69, 9.17) is 9.57 Å². The predicted molar refractivity (Wildman–Crippen MR) is 121 cm³/mol. The van der Waals surface area contributed by atoms with Crippen molar-refractivity contribution in [2.45, 2.75) is 50.5 Å². The minimum atomic E-state index is -1.64. The number of rotatable bonds is 8. The Hall–Kier alpha value is -2.86. The normalized spacial score (nSPS) is 25.6. The number of benzene rings is 2. The van der Waals surface area contributed by atoms with Crippen LogP contribution in [0, 0.1) is 5.92 Å². The second-order valence-corrected chi connectivity index (χ2v) is 8.45. The maximum Gasteiger partial charge on any atom is 0.274 e. The summed E-state index contributed by atoms with van der Waals surface area (Å²) in [7, 11) is 0. The Kier molecular flexibility index (Phi) is 8.72. The van der Waals surface area contributed by atoms with Crippen LogP contribution in [0.25, 0.3) is 0 Å². The lowest BCUT2D eigenvalue weighted by Crippen LogP contribution is -2.60. The molecule has 34 heavy (non-hydrogen) atoms. The zero-order valence-corrected chi connectivity index (χ0v) is 18.9. The van der Waals surface area contributed by atoms with Gasteiger partial charge in [0.1, 0.15) is 24.4 Å². The van der Waals surface area contributed by atoms with Gasteiger partial charge in [0.05, 0.1) is 12.5 Å². The SMILES string of the molecule is CC(C)[C@H](C(=O)Nc1ccc(C(=O)NO[C@@H]2O[C@H](CO)[C@H](O)[C@H](O)[C@H]2O)cc1)c1ccccc1. The molecule has 6 atom stereocenters. The van der Waals surface area contributed by atoms with E-state index in [0.717, 1.165) is 5.56 Å². The van der Waals surface area contributed by atoms with Crippen LogP contribution >= 0.6 is 0 Å². The number of carbonyl (C=O) groups is 2. The lowest BCUT2D eigenvalue weighted by Gasteiger charge is -2.39. The molecule has 10 nitrogen and oxygen atoms in total. The van der Waals surface area contributed by atoms with Gasteiger partial charge in [0.15, 0.2) is 0 Å². The van der Waals surface area contributed by atoms with Gasteiger partial charge in [-0.2, -0.15) is 0 Å². The molecule has 2 aromatic carbocycles. The van der Waals surface area contributed by atoms with Crippen molar-refractivity contribution in [1.82, 2.24) is 5.48 Å². The van der Waals surface area contributed by atoms with Crippen molar-refractivity contribution >= 4 is 17.5 Å². The van der Waals surface area contributed by atoms with Crippen LogP contribution in [0.3, 0.4) is 0 Å². The third kappa shape index (κ3) is 5.98. The molecule has 6 N–H and O–H groups in total. The summed E-state index contributed by atoms with van der Waals surface area (Å²) in [5.74, 6) is -1.09. The minimum Gasteiger partial charge on any atom is -0.394 e. The number of nitrogens with one attached hydrogen (secondary N) is 2. The van der Waals surface area contributed by atoms with Crippen LogP contribution in [-0.2, 0) is 14.4 Å². The second kappa shape index (κ2) is 11.5. The average molecular weight is 475 g/mol. The number of aliphatic hydroxyl groups is 4. The molecular weight excluding hydrogens is 444 g/mol. The number of amides is 2. The largest absolute Gasteiger partial charge is 0.394 e. The monoisotopic (exact) mass is 474 g/mol. The van der Waals surface area contributed by atoms with Crippen LogP contribution in [0.4, 0.5) is 5.69 Å². The molecule has 1 heterocycles. The highest BCUT2D eigenvalue weighted by atomic mass is 16.8. The van der Waals surface area contributed by atoms with E-state index < -0.39 is 43.2 Å². The van der Waals surface area contributed by atoms with E-state index in [0.29, 0.717) is 5.69 Å². The Bertz CT molecular complexity index is 951. The van der Waals surface area contributed by atoms with E-state index in [9.17, 15) is 30.0 Å². The summed E-state index contributed by atoms with van der Waals surface area (Å²) < 4.78 is 5.16. The van der Waals surface area contributed by atoms with E-state index in [2.05, 4.69) is 10.8 Å². The third-order valence-electron chi connectivity index (χ3n) is 5.64. The van der Waals surface area contributed by atoms with Gasteiger partial charge in [-0.3, -0.25) is 9.59 Å². The van der Waals surface area contributed by atoms with E-state index in [-0.39, 0.29) is 23.3 Å². The molecule has 0 aromatic heterocycles. The summed E-state index contributed by atoms with van der Waals surface area (Å²) in [5.41, 5.74) is 3.73. The summed E-state index contributed by atoms with van der Waals surface area (Å²) in [6, 6.07) is 15.6. The third-order valence-corrected chi connectivity index (χ3v) is 5.64. The van der Waals surface area contributed by atoms with Crippen molar-refractivity contribution in [3.05, 3.63) is 65.7 Å². The smallest absolute Gasteiger partial charge is 0.274 e. The van der Waals surface area contributed by atoms with E-state index in [1.54, 1.807) is 12.1 Å². The molecule has 184 valence electrons. The number of ether oxygens (including phenoxy) is 1. The van der Waals surface area contributed by atoms with Gasteiger partial charge in [-0.05, 0) is 35.7 Å². The Morgan fingerprint density at radius 2 is 1.62 bits per heavy atom. The Morgan fingerprint density at radius 1 is 0.971 bits per heavy atom. The number of aliphatic hydroxyl groups excluding tert-OH is 4. The molecule has 2 amide bonds. The molecule has 1 fully saturated rings. The maximum atomic E-state index is 12.9. The molecule has 0 aliphatic carbocycles. The topological polar surface area (TPSA) is 158 Å². The Labute approximate surface area is 197 Å². The van der Waals surface area contributed by atoms with Crippen molar-refractivity contribution in [2.24, 2.45) is 5.92 Å². The van der Waals surface area contributed by atoms with E-state index in [1.165, 1.54) is 12.1 Å². The van der Waals surface area contributed by atoms with Gasteiger partial charge in [0.25, 0.3) is 5.91 Å². The zero-order valence-electron chi connectivity index (χ0n) is 18.9. The van der Waals surface area contributed by atoms with Gasteiger partial charge in [0.2, 0.25) is 12.2 Å². The van der Waals surface area contributed by atoms with Crippen molar-refractivity contribution < 1.29 is 39.6 Å². The van der Waals surface area contributed by atoms with Crippen molar-refractivity contribution in [3.63, 3.8) is 0 Å². The van der Waals surface area contributed by atoms with Gasteiger partial charge in [-0.1, -0.05) is 44.2 Å². The first-order valence-corrected chi connectivity index (χ1v) is 10.9. The maximum absolute atomic E-state index is 12.9. The summed E-state index contributed by atoms with van der Waals surface area (Å²) >= 11 is 0. The molecule has 0 radical (unpaired) electrons. The molecule has 0 unspecified atom stereocenters. The molecular formula is C24H30N2O8. The fourth-order valence-electron chi connectivity index (χ4n) is 3.76. The van der Waals surface area contributed by atoms with Crippen molar-refractivity contribution in [2.75, 3.05) is 11.9 Å². The highest BCUT2D eigenvalue weighted by molar-refractivity contribution is 5.97. The van der Waals surface area contributed by atoms with Gasteiger partial charge in [0, 0.05) is 11.3 Å². The van der Waals surface area contributed by atoms with Crippen LogP contribution in [0.1, 0.15) is 35.7 Å². The van der Waals surface area contributed by atoms with Crippen LogP contribution < -0.4 is 10.8 Å². The Morgan fingerprint density at radius 3 is 2.21 bits per heavy atom. The average Bonchev–Trinajstić information content (AvgIpc) is 2.83. The van der Waals surface area contributed by atoms with Crippen LogP contribution in [0.15, 0.2) is 54.6 Å². The van der Waals surface area contributed by atoms with Crippen LogP contribution in [0.5, 0.6) is 0 Å². The minimum absolute atomic E-state index is 0.0759. The summed E-state index contributed by atoms with van der Waals surface area (Å²) in [5, 5.41) is 41.6. The molecule has 1 aliphatic heterocycles. The number of anilines is 1. The molecule has 0 saturated carbocycles. The van der Waals surface area contributed by atoms with E-state index in [1.807, 2.05) is 44.2 Å². The molecule has 0 bridgehead atoms. The highest BCUT2D eigenvalue weighted by Crippen LogP contribution is 2.26. The first kappa shape index (κ1) is 25.8. The lowest BCUT2D eigenvalue weighted by molar-refractivity contribution is -0.311. The molecule has 0 spiro atoms. The molecule has 1 aliphatic rings. The first-order valence-electron chi connectivity index (χ1n) is 10.9. The predicted octanol–water partition coefficient (Wildman–Crippen LogP) is 0.526. The summed E-state index contributed by atoms with van der Waals surface area (Å²) in [4.78, 5) is 30.3. The standard InChI is InChI=1S/C24H30N2O8/c1-13(2)18(14-6-4-3-5-7-14)23(32)25-16-10-8-15(9-11-16)22(31)26-34-24-21(30)20(29)19(28)17(12-27)33-24/h3-11,13,17-21,24,27-30H,12H2,1-2H3,(H,25,32)(H,26,31)/t17-,18+,19+,20+,21-,24+/m1/s1. The van der Waals surface area contributed by atoms with Gasteiger partial charge < -0.3 is 30.5 Å². The molecule has 1 saturated heterocycles. The summed E-state index contributed by atoms with van der Waals surface area (Å²) in [6.45, 7) is 3.33. The molecule has 2 aromatic rings. The van der Waals surface area contributed by atoms with Gasteiger partial charge >= 0.3 is 0 Å². The van der Waals surface area contributed by atoms with Crippen molar-refractivity contribution in [3.8, 4) is 0 Å². The number of hydrogen-bond acceptors (Lipinski definition) is 8. The van der Waals surface area contributed by atoms with Crippen LogP contribution in [0.2, 0.25) is 0 Å². The van der Waals surface area contributed by atoms with Gasteiger partial charge in [-0.15, -0.1) is 0 Å². The molecule has 3 rings (SSSR count). The number of carbonyl (C=O) groups excluding carboxylic acids is 2. The highest BCUT2D eigenvalue weighted by Gasteiger charge is 2.44. The molecule has 10 heteroatoms. The van der Waals surface area contributed by atoms with Gasteiger partial charge in [-0.25, -0.2) is 10.3 Å².